The van der Waals surface area contributed by atoms with E-state index in [-0.39, 0.29) is 0 Å². The van der Waals surface area contributed by atoms with Crippen molar-refractivity contribution in [1.29, 1.82) is 0 Å². The summed E-state index contributed by atoms with van der Waals surface area (Å²) in [5.41, 5.74) is 0.588. The Labute approximate surface area is 62.1 Å². The van der Waals surface area contributed by atoms with Crippen LogP contribution in [0.1, 0.15) is 0 Å². The minimum Gasteiger partial charge on any atom is -0.332 e. The Bertz CT molecular complexity index is 318. The van der Waals surface area contributed by atoms with E-state index in [9.17, 15) is 0 Å². The third-order valence-electron chi connectivity index (χ3n) is 1.14. The highest BCUT2D eigenvalue weighted by atomic mass is 16.5. The van der Waals surface area contributed by atoms with E-state index in [0.717, 1.165) is 0 Å². The van der Waals surface area contributed by atoms with Crippen LogP contribution in [0.3, 0.4) is 0 Å². The Hall–Kier alpha value is -1.78. The highest BCUT2D eigenvalue weighted by molar-refractivity contribution is 5.42. The van der Waals surface area contributed by atoms with E-state index < -0.39 is 0 Å². The molecule has 0 saturated carbocycles. The molecule has 0 aliphatic rings. The molecule has 54 valence electrons. The fraction of sp³-hybridized carbons (Fsp3) is 0. The van der Waals surface area contributed by atoms with E-state index >= 15 is 0 Å². The van der Waals surface area contributed by atoms with Gasteiger partial charge in [-0.05, 0) is 0 Å². The second-order valence-electron chi connectivity index (χ2n) is 1.84. The monoisotopic (exact) mass is 148 g/mol. The van der Waals surface area contributed by atoms with Crippen LogP contribution >= 0.6 is 0 Å². The quantitative estimate of drug-likeness (QED) is 0.590. The molecule has 11 heavy (non-hydrogen) atoms. The molecule has 0 radical (unpaired) electrons. The summed E-state index contributed by atoms with van der Waals surface area (Å²) in [6.45, 7) is 0. The van der Waals surface area contributed by atoms with E-state index in [1.54, 1.807) is 18.6 Å². The van der Waals surface area contributed by atoms with Gasteiger partial charge in [-0.25, -0.2) is 4.98 Å². The molecule has 5 heteroatoms. The third kappa shape index (κ3) is 1.07. The van der Waals surface area contributed by atoms with Crippen LogP contribution in [0.15, 0.2) is 29.4 Å². The summed E-state index contributed by atoms with van der Waals surface area (Å²) < 4.78 is 4.76. The average molecular weight is 148 g/mol. The minimum atomic E-state index is 0.387. The zero-order chi connectivity index (χ0) is 7.52. The molecule has 0 atom stereocenters. The summed E-state index contributed by atoms with van der Waals surface area (Å²) >= 11 is 0. The summed E-state index contributed by atoms with van der Waals surface area (Å²) in [5.74, 6) is 0.387. The fourth-order valence-electron chi connectivity index (χ4n) is 0.696. The Kier molecular flexibility index (Phi) is 1.33. The maximum absolute atomic E-state index is 4.76. The largest absolute Gasteiger partial charge is 0.332 e. The number of rotatable bonds is 1. The van der Waals surface area contributed by atoms with Crippen molar-refractivity contribution in [2.24, 2.45) is 0 Å². The summed E-state index contributed by atoms with van der Waals surface area (Å²) in [6.07, 6.45) is 6.04. The Balaban J connectivity index is 2.46. The van der Waals surface area contributed by atoms with E-state index in [0.29, 0.717) is 11.6 Å². The van der Waals surface area contributed by atoms with Gasteiger partial charge < -0.3 is 4.52 Å². The third-order valence-corrected chi connectivity index (χ3v) is 1.14. The fourth-order valence-corrected chi connectivity index (χ4v) is 0.696. The first-order chi connectivity index (χ1) is 5.47. The molecule has 0 aliphatic heterocycles. The van der Waals surface area contributed by atoms with Crippen molar-refractivity contribution in [2.75, 3.05) is 0 Å². The van der Waals surface area contributed by atoms with E-state index in [1.165, 1.54) is 6.33 Å². The average Bonchev–Trinajstić information content (AvgIpc) is 2.58. The summed E-state index contributed by atoms with van der Waals surface area (Å²) in [6, 6.07) is 0. The van der Waals surface area contributed by atoms with Gasteiger partial charge in [-0.15, -0.1) is 0 Å². The SMILES string of the molecule is c1cnc(-c2ncno2)cn1. The summed E-state index contributed by atoms with van der Waals surface area (Å²) in [7, 11) is 0. The minimum absolute atomic E-state index is 0.387. The van der Waals surface area contributed by atoms with Crippen molar-refractivity contribution < 1.29 is 4.52 Å². The molecule has 0 unspecified atom stereocenters. The first-order valence-electron chi connectivity index (χ1n) is 3.00. The maximum Gasteiger partial charge on any atom is 0.277 e. The van der Waals surface area contributed by atoms with Gasteiger partial charge >= 0.3 is 0 Å². The van der Waals surface area contributed by atoms with Gasteiger partial charge in [0.05, 0.1) is 6.20 Å². The van der Waals surface area contributed by atoms with Crippen LogP contribution in [-0.4, -0.2) is 20.1 Å². The predicted molar refractivity (Wildman–Crippen MR) is 35.3 cm³/mol. The van der Waals surface area contributed by atoms with Crippen LogP contribution in [0.4, 0.5) is 0 Å². The van der Waals surface area contributed by atoms with Crippen molar-refractivity contribution in [1.82, 2.24) is 20.1 Å². The van der Waals surface area contributed by atoms with Crippen molar-refractivity contribution in [3.8, 4) is 11.6 Å². The number of hydrogen-bond acceptors (Lipinski definition) is 5. The van der Waals surface area contributed by atoms with E-state index in [4.69, 9.17) is 4.52 Å². The summed E-state index contributed by atoms with van der Waals surface area (Å²) in [4.78, 5) is 11.6. The molecule has 0 N–H and O–H groups in total. The van der Waals surface area contributed by atoms with Crippen molar-refractivity contribution in [3.05, 3.63) is 24.9 Å². The van der Waals surface area contributed by atoms with Gasteiger partial charge in [0.25, 0.3) is 5.89 Å². The lowest BCUT2D eigenvalue weighted by Crippen LogP contribution is -1.82. The molecule has 2 aromatic heterocycles. The Morgan fingerprint density at radius 2 is 2.18 bits per heavy atom. The molecule has 2 aromatic rings. The highest BCUT2D eigenvalue weighted by Gasteiger charge is 2.02. The van der Waals surface area contributed by atoms with Crippen LogP contribution in [0.25, 0.3) is 11.6 Å². The molecule has 0 aromatic carbocycles. The van der Waals surface area contributed by atoms with Gasteiger partial charge in [0.15, 0.2) is 6.33 Å². The van der Waals surface area contributed by atoms with E-state index in [1.807, 2.05) is 0 Å². The molecule has 5 nitrogen and oxygen atoms in total. The van der Waals surface area contributed by atoms with Crippen molar-refractivity contribution in [3.63, 3.8) is 0 Å². The Morgan fingerprint density at radius 3 is 2.82 bits per heavy atom. The van der Waals surface area contributed by atoms with Gasteiger partial charge in [0, 0.05) is 12.4 Å². The molecular weight excluding hydrogens is 144 g/mol. The number of aromatic nitrogens is 4. The smallest absolute Gasteiger partial charge is 0.277 e. The van der Waals surface area contributed by atoms with Gasteiger partial charge in [-0.3, -0.25) is 4.98 Å². The van der Waals surface area contributed by atoms with Gasteiger partial charge in [-0.1, -0.05) is 5.16 Å². The summed E-state index contributed by atoms with van der Waals surface area (Å²) in [5, 5.41) is 3.44. The van der Waals surface area contributed by atoms with Crippen LogP contribution in [0, 0.1) is 0 Å². The standard InChI is InChI=1S/C6H4N4O/c1-2-8-5(3-7-1)6-9-4-10-11-6/h1-4H. The normalized spacial score (nSPS) is 9.82. The predicted octanol–water partition coefficient (Wildman–Crippen LogP) is 0.527. The van der Waals surface area contributed by atoms with Crippen LogP contribution in [0.2, 0.25) is 0 Å². The van der Waals surface area contributed by atoms with Crippen molar-refractivity contribution in [2.45, 2.75) is 0 Å². The van der Waals surface area contributed by atoms with E-state index in [2.05, 4.69) is 20.1 Å². The molecule has 0 aliphatic carbocycles. The molecule has 0 spiro atoms. The number of nitrogens with zero attached hydrogens (tertiary/aromatic N) is 4. The van der Waals surface area contributed by atoms with Crippen molar-refractivity contribution >= 4 is 0 Å². The molecule has 0 amide bonds. The van der Waals surface area contributed by atoms with Crippen LogP contribution in [0.5, 0.6) is 0 Å². The van der Waals surface area contributed by atoms with Crippen LogP contribution < -0.4 is 0 Å². The second-order valence-corrected chi connectivity index (χ2v) is 1.84. The molecule has 2 rings (SSSR count). The van der Waals surface area contributed by atoms with Gasteiger partial charge in [0.2, 0.25) is 0 Å². The first kappa shape index (κ1) is 5.96. The molecule has 0 saturated heterocycles. The zero-order valence-electron chi connectivity index (χ0n) is 5.51. The zero-order valence-corrected chi connectivity index (χ0v) is 5.51. The molecule has 0 fully saturated rings. The molecule has 2 heterocycles. The second kappa shape index (κ2) is 2.45. The Morgan fingerprint density at radius 1 is 1.18 bits per heavy atom. The van der Waals surface area contributed by atoms with Gasteiger partial charge in [0.1, 0.15) is 5.69 Å². The molecule has 0 bridgehead atoms. The maximum atomic E-state index is 4.76. The number of hydrogen-bond donors (Lipinski definition) is 0. The molecular formula is C6H4N4O. The lowest BCUT2D eigenvalue weighted by molar-refractivity contribution is 0.428. The lowest BCUT2D eigenvalue weighted by Gasteiger charge is -1.87. The lowest BCUT2D eigenvalue weighted by atomic mass is 10.4. The van der Waals surface area contributed by atoms with Gasteiger partial charge in [-0.2, -0.15) is 4.98 Å². The topological polar surface area (TPSA) is 64.7 Å². The highest BCUT2D eigenvalue weighted by Crippen LogP contribution is 2.08. The van der Waals surface area contributed by atoms with Crippen LogP contribution in [-0.2, 0) is 0 Å². The first-order valence-corrected chi connectivity index (χ1v) is 3.00.